The molecule has 236 valence electrons. The molecular weight excluding hydrogens is 522 g/mol. The van der Waals surface area contributed by atoms with Gasteiger partial charge >= 0.3 is 6.09 Å². The van der Waals surface area contributed by atoms with Gasteiger partial charge in [-0.15, -0.1) is 0 Å². The van der Waals surface area contributed by atoms with Crippen LogP contribution in [0.15, 0.2) is 18.2 Å². The molecule has 1 aliphatic heterocycles. The summed E-state index contributed by atoms with van der Waals surface area (Å²) in [5.74, 6) is 2.42. The number of hydrogen-bond acceptors (Lipinski definition) is 7. The molecule has 2 rings (SSSR count). The number of carbonyl (C=O) groups is 1. The Morgan fingerprint density at radius 2 is 1.68 bits per heavy atom. The van der Waals surface area contributed by atoms with Crippen LogP contribution < -0.4 is 9.47 Å². The minimum absolute atomic E-state index is 0.0776. The summed E-state index contributed by atoms with van der Waals surface area (Å²) in [7, 11) is 3.34. The summed E-state index contributed by atoms with van der Waals surface area (Å²) < 4.78 is 29.2. The third-order valence-corrected chi connectivity index (χ3v) is 8.05. The van der Waals surface area contributed by atoms with E-state index in [1.807, 2.05) is 45.6 Å². The van der Waals surface area contributed by atoms with Crippen LogP contribution in [0.4, 0.5) is 4.79 Å². The van der Waals surface area contributed by atoms with Gasteiger partial charge in [0.25, 0.3) is 0 Å². The summed E-state index contributed by atoms with van der Waals surface area (Å²) in [6, 6.07) is 5.93. The zero-order valence-corrected chi connectivity index (χ0v) is 27.5. The molecule has 1 fully saturated rings. The van der Waals surface area contributed by atoms with Crippen molar-refractivity contribution in [2.45, 2.75) is 111 Å². The monoisotopic (exact) mass is 579 g/mol. The van der Waals surface area contributed by atoms with Gasteiger partial charge in [-0.25, -0.2) is 4.79 Å². The molecule has 8 nitrogen and oxygen atoms in total. The highest BCUT2D eigenvalue weighted by Crippen LogP contribution is 2.41. The molecule has 4 atom stereocenters. The fourth-order valence-corrected chi connectivity index (χ4v) is 5.61. The first-order valence-corrected chi connectivity index (χ1v) is 15.2. The van der Waals surface area contributed by atoms with Gasteiger partial charge in [-0.05, 0) is 95.2 Å². The average molecular weight is 580 g/mol. The predicted octanol–water partition coefficient (Wildman–Crippen LogP) is 6.71. The number of methoxy groups -OCH3 is 2. The standard InChI is InChI=1S/C33H57NO7/c1-22(2)25(17-24-13-14-28(38-11)30(18-24)39-16-12-15-37-10)19-27-29(20-26(21-35)23(3)4)40-33(8,9)34(27)31(36)41-32(5,6)7/h13-14,18,22-23,25-27,29,35H,12,15-17,19-21H2,1-11H3/t25-,26-,27?,29?/m1/s1. The Kier molecular flexibility index (Phi) is 13.2. The van der Waals surface area contributed by atoms with Gasteiger partial charge in [-0.3, -0.25) is 4.90 Å². The molecule has 2 unspecified atom stereocenters. The van der Waals surface area contributed by atoms with Gasteiger partial charge in [-0.2, -0.15) is 0 Å². The van der Waals surface area contributed by atoms with E-state index in [1.54, 1.807) is 14.2 Å². The fourth-order valence-electron chi connectivity index (χ4n) is 5.61. The van der Waals surface area contributed by atoms with Gasteiger partial charge in [0, 0.05) is 26.7 Å². The minimum Gasteiger partial charge on any atom is -0.493 e. The highest BCUT2D eigenvalue weighted by molar-refractivity contribution is 5.70. The normalized spacial score (nSPS) is 20.4. The van der Waals surface area contributed by atoms with Crippen LogP contribution in [0.3, 0.4) is 0 Å². The van der Waals surface area contributed by atoms with E-state index >= 15 is 0 Å². The van der Waals surface area contributed by atoms with Crippen molar-refractivity contribution in [2.24, 2.45) is 23.7 Å². The number of ether oxygens (including phenoxy) is 5. The Balaban J connectivity index is 2.39. The maximum atomic E-state index is 13.6. The van der Waals surface area contributed by atoms with Crippen molar-refractivity contribution in [3.05, 3.63) is 23.8 Å². The van der Waals surface area contributed by atoms with Gasteiger partial charge in [-0.1, -0.05) is 33.8 Å². The largest absolute Gasteiger partial charge is 0.493 e. The van der Waals surface area contributed by atoms with Crippen molar-refractivity contribution < 1.29 is 33.6 Å². The average Bonchev–Trinajstić information content (AvgIpc) is 3.12. The summed E-state index contributed by atoms with van der Waals surface area (Å²) in [5.41, 5.74) is -0.304. The number of amides is 1. The van der Waals surface area contributed by atoms with Crippen LogP contribution >= 0.6 is 0 Å². The molecule has 0 radical (unpaired) electrons. The van der Waals surface area contributed by atoms with E-state index in [1.165, 1.54) is 0 Å². The van der Waals surface area contributed by atoms with Crippen molar-refractivity contribution in [3.63, 3.8) is 0 Å². The number of nitrogens with zero attached hydrogens (tertiary/aromatic N) is 1. The highest BCUT2D eigenvalue weighted by Gasteiger charge is 2.52. The first-order valence-electron chi connectivity index (χ1n) is 15.2. The molecule has 1 aliphatic rings. The third-order valence-electron chi connectivity index (χ3n) is 8.05. The second-order valence-electron chi connectivity index (χ2n) is 13.6. The van der Waals surface area contributed by atoms with Gasteiger partial charge in [0.2, 0.25) is 0 Å². The smallest absolute Gasteiger partial charge is 0.412 e. The van der Waals surface area contributed by atoms with Crippen molar-refractivity contribution >= 4 is 6.09 Å². The molecule has 1 amide bonds. The van der Waals surface area contributed by atoms with E-state index in [0.717, 1.165) is 30.6 Å². The van der Waals surface area contributed by atoms with Crippen molar-refractivity contribution in [1.82, 2.24) is 4.90 Å². The Bertz CT molecular complexity index is 940. The first-order chi connectivity index (χ1) is 19.1. The molecule has 0 bridgehead atoms. The zero-order chi connectivity index (χ0) is 31.0. The number of hydrogen-bond donors (Lipinski definition) is 1. The molecule has 1 aromatic carbocycles. The molecule has 41 heavy (non-hydrogen) atoms. The Morgan fingerprint density at radius 3 is 2.22 bits per heavy atom. The fraction of sp³-hybridized carbons (Fsp3) is 0.788. The molecule has 0 aliphatic carbocycles. The summed E-state index contributed by atoms with van der Waals surface area (Å²) >= 11 is 0. The Hall–Kier alpha value is -2.03. The second-order valence-corrected chi connectivity index (χ2v) is 13.6. The van der Waals surface area contributed by atoms with E-state index in [-0.39, 0.29) is 36.7 Å². The lowest BCUT2D eigenvalue weighted by Gasteiger charge is -2.37. The molecule has 1 N–H and O–H groups in total. The molecule has 1 heterocycles. The van der Waals surface area contributed by atoms with E-state index < -0.39 is 11.3 Å². The number of aliphatic hydroxyl groups is 1. The van der Waals surface area contributed by atoms with Crippen LogP contribution in [-0.2, 0) is 20.6 Å². The quantitative estimate of drug-likeness (QED) is 0.231. The lowest BCUT2D eigenvalue weighted by molar-refractivity contribution is -0.0841. The van der Waals surface area contributed by atoms with E-state index in [0.29, 0.717) is 37.2 Å². The number of carbonyl (C=O) groups excluding carboxylic acids is 1. The van der Waals surface area contributed by atoms with Gasteiger partial charge in [0.15, 0.2) is 11.5 Å². The SMILES string of the molecule is COCCCOc1cc(C[C@H](CC2C(C[C@H](CO)C(C)C)OC(C)(C)N2C(=O)OC(C)(C)C)C(C)C)ccc1OC. The van der Waals surface area contributed by atoms with Crippen LogP contribution in [0.1, 0.15) is 87.1 Å². The summed E-state index contributed by atoms with van der Waals surface area (Å²) in [5, 5.41) is 10.1. The van der Waals surface area contributed by atoms with E-state index in [4.69, 9.17) is 23.7 Å². The van der Waals surface area contributed by atoms with Crippen LogP contribution in [-0.4, -0.2) is 73.6 Å². The van der Waals surface area contributed by atoms with Crippen molar-refractivity contribution in [3.8, 4) is 11.5 Å². The lowest BCUT2D eigenvalue weighted by Crippen LogP contribution is -2.51. The van der Waals surface area contributed by atoms with Crippen LogP contribution in [0.25, 0.3) is 0 Å². The lowest BCUT2D eigenvalue weighted by atomic mass is 9.80. The molecule has 0 saturated carbocycles. The Morgan fingerprint density at radius 1 is 1.02 bits per heavy atom. The maximum Gasteiger partial charge on any atom is 0.412 e. The summed E-state index contributed by atoms with van der Waals surface area (Å²) in [6.07, 6.45) is 2.46. The maximum absolute atomic E-state index is 13.6. The third kappa shape index (κ3) is 10.3. The molecular formula is C33H57NO7. The first kappa shape index (κ1) is 35.2. The number of benzene rings is 1. The molecule has 1 aromatic rings. The van der Waals surface area contributed by atoms with Crippen LogP contribution in [0, 0.1) is 23.7 Å². The summed E-state index contributed by atoms with van der Waals surface area (Å²) in [4.78, 5) is 15.4. The molecule has 0 spiro atoms. The molecule has 0 aromatic heterocycles. The van der Waals surface area contributed by atoms with E-state index in [9.17, 15) is 9.90 Å². The summed E-state index contributed by atoms with van der Waals surface area (Å²) in [6.45, 7) is 19.5. The number of rotatable bonds is 15. The van der Waals surface area contributed by atoms with Crippen molar-refractivity contribution in [1.29, 1.82) is 0 Å². The number of aliphatic hydroxyl groups excluding tert-OH is 1. The van der Waals surface area contributed by atoms with Gasteiger partial charge in [0.1, 0.15) is 11.3 Å². The van der Waals surface area contributed by atoms with Crippen LogP contribution in [0.2, 0.25) is 0 Å². The van der Waals surface area contributed by atoms with E-state index in [2.05, 4.69) is 39.8 Å². The van der Waals surface area contributed by atoms with Crippen molar-refractivity contribution in [2.75, 3.05) is 34.0 Å². The highest BCUT2D eigenvalue weighted by atomic mass is 16.6. The van der Waals surface area contributed by atoms with Gasteiger partial charge in [0.05, 0.1) is 25.9 Å². The topological polar surface area (TPSA) is 86.7 Å². The predicted molar refractivity (Wildman–Crippen MR) is 162 cm³/mol. The second kappa shape index (κ2) is 15.4. The molecule has 1 saturated heterocycles. The van der Waals surface area contributed by atoms with Gasteiger partial charge < -0.3 is 28.8 Å². The molecule has 8 heteroatoms. The zero-order valence-electron chi connectivity index (χ0n) is 27.5. The Labute approximate surface area is 249 Å². The minimum atomic E-state index is -0.834. The van der Waals surface area contributed by atoms with Crippen LogP contribution in [0.5, 0.6) is 11.5 Å².